The normalized spacial score (nSPS) is 24.1. The van der Waals surface area contributed by atoms with Crippen molar-refractivity contribution in [3.8, 4) is 0 Å². The molecule has 3 N–H and O–H groups in total. The zero-order valence-corrected chi connectivity index (χ0v) is 9.53. The van der Waals surface area contributed by atoms with Gasteiger partial charge in [-0.2, -0.15) is 0 Å². The van der Waals surface area contributed by atoms with Crippen LogP contribution in [-0.2, 0) is 9.53 Å². The molecule has 1 fully saturated rings. The first-order valence-electron chi connectivity index (χ1n) is 5.49. The van der Waals surface area contributed by atoms with Crippen molar-refractivity contribution in [2.45, 2.75) is 38.3 Å². The molecule has 88 valence electrons. The second kappa shape index (κ2) is 6.05. The van der Waals surface area contributed by atoms with E-state index >= 15 is 0 Å². The van der Waals surface area contributed by atoms with Crippen LogP contribution in [0.1, 0.15) is 26.2 Å². The average molecular weight is 215 g/mol. The van der Waals surface area contributed by atoms with Gasteiger partial charge in [0.05, 0.1) is 6.61 Å². The van der Waals surface area contributed by atoms with Crippen LogP contribution >= 0.6 is 0 Å². The van der Waals surface area contributed by atoms with E-state index in [-0.39, 0.29) is 11.9 Å². The maximum atomic E-state index is 11.6. The first kappa shape index (κ1) is 12.4. The van der Waals surface area contributed by atoms with Gasteiger partial charge in [0.15, 0.2) is 0 Å². The molecule has 1 saturated heterocycles. The SMILES string of the molecule is CCC1CCCN1C(COC)C(=O)NN. The number of rotatable bonds is 5. The van der Waals surface area contributed by atoms with E-state index in [1.54, 1.807) is 7.11 Å². The molecule has 0 spiro atoms. The lowest BCUT2D eigenvalue weighted by Gasteiger charge is -2.30. The van der Waals surface area contributed by atoms with Crippen LogP contribution < -0.4 is 11.3 Å². The van der Waals surface area contributed by atoms with Gasteiger partial charge in [-0.3, -0.25) is 15.1 Å². The van der Waals surface area contributed by atoms with Gasteiger partial charge in [0.2, 0.25) is 0 Å². The molecule has 0 bridgehead atoms. The fourth-order valence-corrected chi connectivity index (χ4v) is 2.28. The molecule has 5 heteroatoms. The summed E-state index contributed by atoms with van der Waals surface area (Å²) in [6.45, 7) is 3.51. The van der Waals surface area contributed by atoms with Crippen LogP contribution in [-0.4, -0.2) is 43.2 Å². The molecule has 0 radical (unpaired) electrons. The molecule has 0 aromatic rings. The van der Waals surface area contributed by atoms with E-state index in [0.29, 0.717) is 12.6 Å². The third-order valence-corrected chi connectivity index (χ3v) is 3.06. The fourth-order valence-electron chi connectivity index (χ4n) is 2.28. The van der Waals surface area contributed by atoms with E-state index in [4.69, 9.17) is 10.6 Å². The van der Waals surface area contributed by atoms with Gasteiger partial charge in [-0.05, 0) is 25.8 Å². The van der Waals surface area contributed by atoms with Crippen molar-refractivity contribution in [3.05, 3.63) is 0 Å². The number of amides is 1. The Hall–Kier alpha value is -0.650. The van der Waals surface area contributed by atoms with Crippen molar-refractivity contribution in [2.75, 3.05) is 20.3 Å². The van der Waals surface area contributed by atoms with Gasteiger partial charge in [-0.15, -0.1) is 0 Å². The van der Waals surface area contributed by atoms with Gasteiger partial charge >= 0.3 is 0 Å². The Kier molecular flexibility index (Phi) is 5.01. The number of ether oxygens (including phenoxy) is 1. The lowest BCUT2D eigenvalue weighted by molar-refractivity contribution is -0.128. The molecule has 0 saturated carbocycles. The van der Waals surface area contributed by atoms with E-state index in [0.717, 1.165) is 25.8 Å². The van der Waals surface area contributed by atoms with E-state index in [1.807, 2.05) is 0 Å². The number of methoxy groups -OCH3 is 1. The summed E-state index contributed by atoms with van der Waals surface area (Å²) >= 11 is 0. The largest absolute Gasteiger partial charge is 0.383 e. The van der Waals surface area contributed by atoms with Crippen molar-refractivity contribution in [1.29, 1.82) is 0 Å². The average Bonchev–Trinajstić information content (AvgIpc) is 2.72. The Morgan fingerprint density at radius 1 is 1.73 bits per heavy atom. The van der Waals surface area contributed by atoms with Crippen LogP contribution in [0, 0.1) is 0 Å². The topological polar surface area (TPSA) is 67.6 Å². The highest BCUT2D eigenvalue weighted by Crippen LogP contribution is 2.22. The van der Waals surface area contributed by atoms with Gasteiger partial charge in [0.1, 0.15) is 6.04 Å². The third kappa shape index (κ3) is 2.90. The Balaban J connectivity index is 2.65. The van der Waals surface area contributed by atoms with Crippen LogP contribution in [0.4, 0.5) is 0 Å². The molecule has 0 aliphatic carbocycles. The summed E-state index contributed by atoms with van der Waals surface area (Å²) < 4.78 is 5.07. The number of hydrazine groups is 1. The number of carbonyl (C=O) groups is 1. The van der Waals surface area contributed by atoms with Crippen LogP contribution in [0.3, 0.4) is 0 Å². The van der Waals surface area contributed by atoms with Crippen molar-refractivity contribution >= 4 is 5.91 Å². The van der Waals surface area contributed by atoms with Crippen molar-refractivity contribution in [1.82, 2.24) is 10.3 Å². The summed E-state index contributed by atoms with van der Waals surface area (Å²) in [5, 5.41) is 0. The molecule has 0 aromatic heterocycles. The molecule has 1 heterocycles. The Morgan fingerprint density at radius 3 is 3.00 bits per heavy atom. The van der Waals surface area contributed by atoms with Gasteiger partial charge < -0.3 is 4.74 Å². The lowest BCUT2D eigenvalue weighted by atomic mass is 10.1. The molecule has 1 aliphatic heterocycles. The fraction of sp³-hybridized carbons (Fsp3) is 0.900. The summed E-state index contributed by atoms with van der Waals surface area (Å²) in [7, 11) is 1.60. The number of likely N-dealkylation sites (tertiary alicyclic amines) is 1. The highest BCUT2D eigenvalue weighted by molar-refractivity contribution is 5.81. The predicted octanol–water partition coefficient (Wildman–Crippen LogP) is -0.134. The van der Waals surface area contributed by atoms with Crippen LogP contribution in [0.25, 0.3) is 0 Å². The maximum Gasteiger partial charge on any atom is 0.253 e. The number of nitrogens with two attached hydrogens (primary N) is 1. The number of carbonyl (C=O) groups excluding carboxylic acids is 1. The van der Waals surface area contributed by atoms with Gasteiger partial charge in [-0.1, -0.05) is 6.92 Å². The summed E-state index contributed by atoms with van der Waals surface area (Å²) in [6, 6.07) is 0.245. The van der Waals surface area contributed by atoms with E-state index < -0.39 is 0 Å². The molecular formula is C10H21N3O2. The second-order valence-corrected chi connectivity index (χ2v) is 3.92. The molecule has 1 aliphatic rings. The molecule has 2 unspecified atom stereocenters. The number of nitrogens with zero attached hydrogens (tertiary/aromatic N) is 1. The minimum atomic E-state index is -0.243. The Bertz CT molecular complexity index is 211. The summed E-state index contributed by atoms with van der Waals surface area (Å²) in [5.41, 5.74) is 2.21. The zero-order chi connectivity index (χ0) is 11.3. The summed E-state index contributed by atoms with van der Waals surface area (Å²) in [6.07, 6.45) is 3.38. The monoisotopic (exact) mass is 215 g/mol. The smallest absolute Gasteiger partial charge is 0.253 e. The van der Waals surface area contributed by atoms with Crippen LogP contribution in [0.5, 0.6) is 0 Å². The number of hydrogen-bond donors (Lipinski definition) is 2. The molecule has 0 aromatic carbocycles. The Morgan fingerprint density at radius 2 is 2.47 bits per heavy atom. The van der Waals surface area contributed by atoms with Gasteiger partial charge in [0.25, 0.3) is 5.91 Å². The molecule has 15 heavy (non-hydrogen) atoms. The maximum absolute atomic E-state index is 11.6. The lowest BCUT2D eigenvalue weighted by Crippen LogP contribution is -2.52. The quantitative estimate of drug-likeness (QED) is 0.381. The molecule has 2 atom stereocenters. The van der Waals surface area contributed by atoms with Crippen LogP contribution in [0.15, 0.2) is 0 Å². The van der Waals surface area contributed by atoms with E-state index in [9.17, 15) is 4.79 Å². The third-order valence-electron chi connectivity index (χ3n) is 3.06. The van der Waals surface area contributed by atoms with Crippen molar-refractivity contribution in [3.63, 3.8) is 0 Å². The van der Waals surface area contributed by atoms with E-state index in [1.165, 1.54) is 0 Å². The van der Waals surface area contributed by atoms with Crippen molar-refractivity contribution < 1.29 is 9.53 Å². The Labute approximate surface area is 90.9 Å². The van der Waals surface area contributed by atoms with Gasteiger partial charge in [-0.25, -0.2) is 5.84 Å². The van der Waals surface area contributed by atoms with Crippen molar-refractivity contribution in [2.24, 2.45) is 5.84 Å². The zero-order valence-electron chi connectivity index (χ0n) is 9.53. The summed E-state index contributed by atoms with van der Waals surface area (Å²) in [5.74, 6) is 5.02. The highest BCUT2D eigenvalue weighted by atomic mass is 16.5. The van der Waals surface area contributed by atoms with Gasteiger partial charge in [0, 0.05) is 13.2 Å². The number of nitrogens with one attached hydrogen (secondary N) is 1. The predicted molar refractivity (Wildman–Crippen MR) is 58.0 cm³/mol. The first-order chi connectivity index (χ1) is 7.24. The first-order valence-corrected chi connectivity index (χ1v) is 5.49. The molecule has 1 amide bonds. The molecule has 5 nitrogen and oxygen atoms in total. The minimum absolute atomic E-state index is 0.155. The minimum Gasteiger partial charge on any atom is -0.383 e. The highest BCUT2D eigenvalue weighted by Gasteiger charge is 2.33. The second-order valence-electron chi connectivity index (χ2n) is 3.92. The summed E-state index contributed by atoms with van der Waals surface area (Å²) in [4.78, 5) is 13.8. The molecular weight excluding hydrogens is 194 g/mol. The van der Waals surface area contributed by atoms with E-state index in [2.05, 4.69) is 17.2 Å². The molecule has 1 rings (SSSR count). The number of hydrogen-bond acceptors (Lipinski definition) is 4. The van der Waals surface area contributed by atoms with Crippen LogP contribution in [0.2, 0.25) is 0 Å². The standard InChI is InChI=1S/C10H21N3O2/c1-3-8-5-4-6-13(8)9(7-15-2)10(14)12-11/h8-9H,3-7,11H2,1-2H3,(H,12,14).